The second-order valence-electron chi connectivity index (χ2n) is 3.88. The van der Waals surface area contributed by atoms with Crippen molar-refractivity contribution in [1.82, 2.24) is 0 Å². The molecule has 0 bridgehead atoms. The number of phenolic OH excluding ortho intramolecular Hbond substituents is 1. The number of aryl methyl sites for hydroxylation is 1. The van der Waals surface area contributed by atoms with E-state index in [0.717, 1.165) is 11.3 Å². The maximum absolute atomic E-state index is 9.38. The van der Waals surface area contributed by atoms with E-state index in [-0.39, 0.29) is 0 Å². The predicted molar refractivity (Wildman–Crippen MR) is 68.5 cm³/mol. The SMILES string of the molecule is CCCCCSCc1ccc(O)c(C)c1. The van der Waals surface area contributed by atoms with Crippen molar-refractivity contribution in [3.8, 4) is 5.75 Å². The molecule has 0 atom stereocenters. The highest BCUT2D eigenvalue weighted by Crippen LogP contribution is 2.20. The summed E-state index contributed by atoms with van der Waals surface area (Å²) >= 11 is 1.98. The fourth-order valence-electron chi connectivity index (χ4n) is 1.45. The number of aromatic hydroxyl groups is 1. The summed E-state index contributed by atoms with van der Waals surface area (Å²) in [5, 5.41) is 9.38. The Kier molecular flexibility index (Phi) is 5.62. The Morgan fingerprint density at radius 2 is 2.07 bits per heavy atom. The van der Waals surface area contributed by atoms with E-state index in [2.05, 4.69) is 13.0 Å². The van der Waals surface area contributed by atoms with Gasteiger partial charge in [0.05, 0.1) is 0 Å². The number of thioether (sulfide) groups is 1. The Balaban J connectivity index is 2.28. The highest BCUT2D eigenvalue weighted by Gasteiger charge is 1.98. The summed E-state index contributed by atoms with van der Waals surface area (Å²) in [6, 6.07) is 5.87. The average molecular weight is 224 g/mol. The lowest BCUT2D eigenvalue weighted by Crippen LogP contribution is -1.85. The van der Waals surface area contributed by atoms with E-state index in [1.54, 1.807) is 6.07 Å². The number of hydrogen-bond donors (Lipinski definition) is 1. The molecule has 0 unspecified atom stereocenters. The van der Waals surface area contributed by atoms with Crippen LogP contribution in [0.1, 0.15) is 37.3 Å². The summed E-state index contributed by atoms with van der Waals surface area (Å²) in [6.45, 7) is 4.18. The van der Waals surface area contributed by atoms with Crippen LogP contribution in [-0.2, 0) is 5.75 Å². The van der Waals surface area contributed by atoms with Crippen molar-refractivity contribution in [2.24, 2.45) is 0 Å². The molecule has 0 amide bonds. The normalized spacial score (nSPS) is 10.5. The molecule has 1 aromatic carbocycles. The fraction of sp³-hybridized carbons (Fsp3) is 0.538. The third-order valence-electron chi connectivity index (χ3n) is 2.42. The maximum atomic E-state index is 9.38. The fourth-order valence-corrected chi connectivity index (χ4v) is 2.42. The number of phenols is 1. The number of hydrogen-bond acceptors (Lipinski definition) is 2. The van der Waals surface area contributed by atoms with E-state index in [0.29, 0.717) is 5.75 Å². The molecule has 1 nitrogen and oxygen atoms in total. The molecule has 0 heterocycles. The summed E-state index contributed by atoms with van der Waals surface area (Å²) in [5.41, 5.74) is 2.29. The van der Waals surface area contributed by atoms with Crippen molar-refractivity contribution in [2.45, 2.75) is 38.9 Å². The van der Waals surface area contributed by atoms with Gasteiger partial charge < -0.3 is 5.11 Å². The van der Waals surface area contributed by atoms with Gasteiger partial charge in [0.25, 0.3) is 0 Å². The first-order valence-electron chi connectivity index (χ1n) is 5.60. The lowest BCUT2D eigenvalue weighted by Gasteiger charge is -2.04. The third-order valence-corrected chi connectivity index (χ3v) is 3.54. The summed E-state index contributed by atoms with van der Waals surface area (Å²) in [6.07, 6.45) is 3.94. The Morgan fingerprint density at radius 1 is 1.27 bits per heavy atom. The van der Waals surface area contributed by atoms with Crippen LogP contribution in [0.4, 0.5) is 0 Å². The summed E-state index contributed by atoms with van der Waals surface area (Å²) < 4.78 is 0. The molecule has 0 aromatic heterocycles. The zero-order chi connectivity index (χ0) is 11.1. The lowest BCUT2D eigenvalue weighted by atomic mass is 10.1. The van der Waals surface area contributed by atoms with Crippen LogP contribution in [0.2, 0.25) is 0 Å². The predicted octanol–water partition coefficient (Wildman–Crippen LogP) is 4.12. The number of unbranched alkanes of at least 4 members (excludes halogenated alkanes) is 2. The van der Waals surface area contributed by atoms with E-state index < -0.39 is 0 Å². The maximum Gasteiger partial charge on any atom is 0.118 e. The quantitative estimate of drug-likeness (QED) is 0.733. The van der Waals surface area contributed by atoms with Gasteiger partial charge in [0, 0.05) is 5.75 Å². The van der Waals surface area contributed by atoms with Crippen LogP contribution in [-0.4, -0.2) is 10.9 Å². The van der Waals surface area contributed by atoms with Gasteiger partial charge in [-0.1, -0.05) is 31.9 Å². The van der Waals surface area contributed by atoms with Crippen LogP contribution in [0.5, 0.6) is 5.75 Å². The molecule has 0 saturated carbocycles. The minimum absolute atomic E-state index is 0.398. The molecule has 0 aliphatic heterocycles. The molecule has 1 N–H and O–H groups in total. The van der Waals surface area contributed by atoms with Crippen LogP contribution >= 0.6 is 11.8 Å². The van der Waals surface area contributed by atoms with Crippen LogP contribution in [0.15, 0.2) is 18.2 Å². The summed E-state index contributed by atoms with van der Waals surface area (Å²) in [5.74, 6) is 2.70. The summed E-state index contributed by atoms with van der Waals surface area (Å²) in [4.78, 5) is 0. The van der Waals surface area contributed by atoms with E-state index in [9.17, 15) is 5.11 Å². The topological polar surface area (TPSA) is 20.2 Å². The van der Waals surface area contributed by atoms with Crippen molar-refractivity contribution in [3.05, 3.63) is 29.3 Å². The first kappa shape index (κ1) is 12.4. The average Bonchev–Trinajstić information content (AvgIpc) is 2.23. The molecule has 2 heteroatoms. The Bertz CT molecular complexity index is 297. The molecule has 1 aromatic rings. The molecule has 0 fully saturated rings. The van der Waals surface area contributed by atoms with Gasteiger partial charge in [-0.05, 0) is 36.3 Å². The molecular weight excluding hydrogens is 204 g/mol. The van der Waals surface area contributed by atoms with Crippen molar-refractivity contribution in [1.29, 1.82) is 0 Å². The third kappa shape index (κ3) is 4.61. The van der Waals surface area contributed by atoms with Gasteiger partial charge in [-0.25, -0.2) is 0 Å². The molecule has 0 spiro atoms. The van der Waals surface area contributed by atoms with Crippen molar-refractivity contribution >= 4 is 11.8 Å². The van der Waals surface area contributed by atoms with Crippen molar-refractivity contribution < 1.29 is 5.11 Å². The molecule has 0 radical (unpaired) electrons. The Labute approximate surface area is 96.9 Å². The summed E-state index contributed by atoms with van der Waals surface area (Å²) in [7, 11) is 0. The minimum atomic E-state index is 0.398. The number of rotatable bonds is 6. The highest BCUT2D eigenvalue weighted by atomic mass is 32.2. The van der Waals surface area contributed by atoms with Crippen LogP contribution < -0.4 is 0 Å². The highest BCUT2D eigenvalue weighted by molar-refractivity contribution is 7.98. The van der Waals surface area contributed by atoms with E-state index in [1.807, 2.05) is 24.8 Å². The Morgan fingerprint density at radius 3 is 2.73 bits per heavy atom. The van der Waals surface area contributed by atoms with Crippen molar-refractivity contribution in [2.75, 3.05) is 5.75 Å². The van der Waals surface area contributed by atoms with Gasteiger partial charge >= 0.3 is 0 Å². The first-order valence-corrected chi connectivity index (χ1v) is 6.75. The molecule has 1 rings (SSSR count). The smallest absolute Gasteiger partial charge is 0.118 e. The van der Waals surface area contributed by atoms with Gasteiger partial charge in [-0.15, -0.1) is 0 Å². The van der Waals surface area contributed by atoms with Gasteiger partial charge in [0.1, 0.15) is 5.75 Å². The zero-order valence-corrected chi connectivity index (χ0v) is 10.4. The molecule has 84 valence electrons. The van der Waals surface area contributed by atoms with Gasteiger partial charge in [-0.2, -0.15) is 11.8 Å². The van der Waals surface area contributed by atoms with Crippen LogP contribution in [0, 0.1) is 6.92 Å². The zero-order valence-electron chi connectivity index (χ0n) is 9.62. The van der Waals surface area contributed by atoms with Crippen LogP contribution in [0.3, 0.4) is 0 Å². The van der Waals surface area contributed by atoms with E-state index >= 15 is 0 Å². The second kappa shape index (κ2) is 6.78. The van der Waals surface area contributed by atoms with E-state index in [4.69, 9.17) is 0 Å². The van der Waals surface area contributed by atoms with Crippen LogP contribution in [0.25, 0.3) is 0 Å². The standard InChI is InChI=1S/C13H20OS/c1-3-4-5-8-15-10-12-6-7-13(14)11(2)9-12/h6-7,9,14H,3-5,8,10H2,1-2H3. The molecule has 0 aliphatic carbocycles. The second-order valence-corrected chi connectivity index (χ2v) is 4.99. The Hall–Kier alpha value is -0.630. The molecular formula is C13H20OS. The van der Waals surface area contributed by atoms with Crippen molar-refractivity contribution in [3.63, 3.8) is 0 Å². The molecule has 0 saturated heterocycles. The molecule has 0 aliphatic rings. The van der Waals surface area contributed by atoms with E-state index in [1.165, 1.54) is 30.6 Å². The van der Waals surface area contributed by atoms with Gasteiger partial charge in [0.15, 0.2) is 0 Å². The lowest BCUT2D eigenvalue weighted by molar-refractivity contribution is 0.471. The van der Waals surface area contributed by atoms with Gasteiger partial charge in [0.2, 0.25) is 0 Å². The number of benzene rings is 1. The van der Waals surface area contributed by atoms with Gasteiger partial charge in [-0.3, -0.25) is 0 Å². The first-order chi connectivity index (χ1) is 7.24. The minimum Gasteiger partial charge on any atom is -0.508 e. The monoisotopic (exact) mass is 224 g/mol. The molecule has 15 heavy (non-hydrogen) atoms. The largest absolute Gasteiger partial charge is 0.508 e.